The summed E-state index contributed by atoms with van der Waals surface area (Å²) in [6.07, 6.45) is 0. The van der Waals surface area contributed by atoms with Gasteiger partial charge in [-0.25, -0.2) is 4.98 Å². The van der Waals surface area contributed by atoms with Crippen LogP contribution in [0.15, 0.2) is 30.3 Å². The van der Waals surface area contributed by atoms with Crippen LogP contribution in [0.4, 0.5) is 0 Å². The molecular formula is C13H11NO. The highest BCUT2D eigenvalue weighted by Crippen LogP contribution is 2.13. The van der Waals surface area contributed by atoms with Crippen molar-refractivity contribution in [1.29, 1.82) is 0 Å². The van der Waals surface area contributed by atoms with E-state index in [-0.39, 0.29) is 6.61 Å². The van der Waals surface area contributed by atoms with E-state index in [1.807, 2.05) is 24.3 Å². The number of fused-ring (bicyclic) bond motifs is 1. The van der Waals surface area contributed by atoms with E-state index in [1.165, 1.54) is 5.56 Å². The van der Waals surface area contributed by atoms with Crippen LogP contribution in [0.3, 0.4) is 0 Å². The molecule has 1 heterocycles. The normalized spacial score (nSPS) is 9.73. The van der Waals surface area contributed by atoms with Crippen LogP contribution < -0.4 is 0 Å². The van der Waals surface area contributed by atoms with Gasteiger partial charge in [0.25, 0.3) is 0 Å². The van der Waals surface area contributed by atoms with Gasteiger partial charge < -0.3 is 5.11 Å². The van der Waals surface area contributed by atoms with Crippen molar-refractivity contribution in [1.82, 2.24) is 4.98 Å². The topological polar surface area (TPSA) is 33.1 Å². The van der Waals surface area contributed by atoms with Crippen LogP contribution >= 0.6 is 0 Å². The molecule has 0 spiro atoms. The summed E-state index contributed by atoms with van der Waals surface area (Å²) < 4.78 is 0. The first kappa shape index (κ1) is 9.70. The van der Waals surface area contributed by atoms with Crippen molar-refractivity contribution in [3.63, 3.8) is 0 Å². The van der Waals surface area contributed by atoms with Crippen molar-refractivity contribution in [3.8, 4) is 11.8 Å². The number of aromatic nitrogens is 1. The molecule has 0 aliphatic rings. The third kappa shape index (κ3) is 2.15. The van der Waals surface area contributed by atoms with Gasteiger partial charge in [0.05, 0.1) is 5.52 Å². The second-order valence-electron chi connectivity index (χ2n) is 3.35. The zero-order chi connectivity index (χ0) is 10.7. The molecule has 0 amide bonds. The number of hydrogen-bond donors (Lipinski definition) is 1. The molecule has 2 rings (SSSR count). The third-order valence-electron chi connectivity index (χ3n) is 2.14. The lowest BCUT2D eigenvalue weighted by Gasteiger charge is -1.98. The molecular weight excluding hydrogens is 186 g/mol. The Bertz CT molecular complexity index is 549. The second-order valence-corrected chi connectivity index (χ2v) is 3.35. The van der Waals surface area contributed by atoms with Crippen molar-refractivity contribution in [2.75, 3.05) is 6.61 Å². The molecule has 1 N–H and O–H groups in total. The first-order valence-corrected chi connectivity index (χ1v) is 4.77. The lowest BCUT2D eigenvalue weighted by molar-refractivity contribution is 0.350. The highest BCUT2D eigenvalue weighted by atomic mass is 16.2. The standard InChI is InChI=1S/C13H11NO/c1-10-4-7-13-11(9-10)5-6-12(14-13)3-2-8-15/h4-7,9,15H,8H2,1H3. The number of aryl methyl sites for hydroxylation is 1. The van der Waals surface area contributed by atoms with Crippen LogP contribution in [0.2, 0.25) is 0 Å². The zero-order valence-corrected chi connectivity index (χ0v) is 8.49. The van der Waals surface area contributed by atoms with E-state index in [4.69, 9.17) is 5.11 Å². The summed E-state index contributed by atoms with van der Waals surface area (Å²) in [7, 11) is 0. The van der Waals surface area contributed by atoms with Gasteiger partial charge in [0.2, 0.25) is 0 Å². The first-order chi connectivity index (χ1) is 7.29. The van der Waals surface area contributed by atoms with Crippen LogP contribution in [-0.2, 0) is 0 Å². The highest BCUT2D eigenvalue weighted by molar-refractivity contribution is 5.79. The van der Waals surface area contributed by atoms with Crippen LogP contribution in [0.5, 0.6) is 0 Å². The van der Waals surface area contributed by atoms with Gasteiger partial charge in [-0.05, 0) is 37.1 Å². The van der Waals surface area contributed by atoms with E-state index in [0.29, 0.717) is 5.69 Å². The maximum Gasteiger partial charge on any atom is 0.113 e. The molecule has 0 fully saturated rings. The average molecular weight is 197 g/mol. The van der Waals surface area contributed by atoms with Gasteiger partial charge in [-0.2, -0.15) is 0 Å². The van der Waals surface area contributed by atoms with Crippen LogP contribution in [0.1, 0.15) is 11.3 Å². The number of aliphatic hydroxyl groups is 1. The Balaban J connectivity index is 2.52. The Kier molecular flexibility index (Phi) is 2.66. The quantitative estimate of drug-likeness (QED) is 0.654. The first-order valence-electron chi connectivity index (χ1n) is 4.77. The van der Waals surface area contributed by atoms with E-state index < -0.39 is 0 Å². The van der Waals surface area contributed by atoms with E-state index in [2.05, 4.69) is 29.8 Å². The molecule has 15 heavy (non-hydrogen) atoms. The minimum Gasteiger partial charge on any atom is -0.384 e. The third-order valence-corrected chi connectivity index (χ3v) is 2.14. The summed E-state index contributed by atoms with van der Waals surface area (Å²) in [5.74, 6) is 5.37. The molecule has 0 bridgehead atoms. The van der Waals surface area contributed by atoms with E-state index in [1.54, 1.807) is 0 Å². The van der Waals surface area contributed by atoms with Crippen molar-refractivity contribution in [2.24, 2.45) is 0 Å². The summed E-state index contributed by atoms with van der Waals surface area (Å²) in [6.45, 7) is 1.92. The van der Waals surface area contributed by atoms with Crippen LogP contribution in [0, 0.1) is 18.8 Å². The minimum atomic E-state index is -0.131. The van der Waals surface area contributed by atoms with Gasteiger partial charge in [-0.15, -0.1) is 0 Å². The molecule has 0 atom stereocenters. The number of hydrogen-bond acceptors (Lipinski definition) is 2. The molecule has 0 saturated heterocycles. The molecule has 74 valence electrons. The van der Waals surface area contributed by atoms with Gasteiger partial charge in [-0.3, -0.25) is 0 Å². The van der Waals surface area contributed by atoms with E-state index >= 15 is 0 Å². The summed E-state index contributed by atoms with van der Waals surface area (Å²) >= 11 is 0. The fraction of sp³-hybridized carbons (Fsp3) is 0.154. The number of aliphatic hydroxyl groups excluding tert-OH is 1. The predicted octanol–water partition coefficient (Wildman–Crippen LogP) is 1.89. The summed E-state index contributed by atoms with van der Waals surface area (Å²) in [4.78, 5) is 4.37. The zero-order valence-electron chi connectivity index (χ0n) is 8.49. The van der Waals surface area contributed by atoms with Crippen molar-refractivity contribution in [2.45, 2.75) is 6.92 Å². The number of benzene rings is 1. The Morgan fingerprint density at radius 1 is 1.27 bits per heavy atom. The molecule has 1 aromatic heterocycles. The van der Waals surface area contributed by atoms with Crippen molar-refractivity contribution in [3.05, 3.63) is 41.6 Å². The van der Waals surface area contributed by atoms with E-state index in [0.717, 1.165) is 10.9 Å². The van der Waals surface area contributed by atoms with Gasteiger partial charge in [0, 0.05) is 5.39 Å². The van der Waals surface area contributed by atoms with Crippen LogP contribution in [-0.4, -0.2) is 16.7 Å². The second kappa shape index (κ2) is 4.12. The lowest BCUT2D eigenvalue weighted by Crippen LogP contribution is -1.85. The summed E-state index contributed by atoms with van der Waals surface area (Å²) in [5.41, 5.74) is 2.85. The lowest BCUT2D eigenvalue weighted by atomic mass is 10.1. The van der Waals surface area contributed by atoms with E-state index in [9.17, 15) is 0 Å². The van der Waals surface area contributed by atoms with Gasteiger partial charge >= 0.3 is 0 Å². The molecule has 2 nitrogen and oxygen atoms in total. The molecule has 2 heteroatoms. The van der Waals surface area contributed by atoms with Gasteiger partial charge in [0.1, 0.15) is 12.3 Å². The minimum absolute atomic E-state index is 0.131. The molecule has 0 aliphatic heterocycles. The molecule has 0 saturated carbocycles. The SMILES string of the molecule is Cc1ccc2nc(C#CCO)ccc2c1. The number of pyridine rings is 1. The van der Waals surface area contributed by atoms with Crippen molar-refractivity contribution < 1.29 is 5.11 Å². The Morgan fingerprint density at radius 3 is 2.93 bits per heavy atom. The predicted molar refractivity (Wildman–Crippen MR) is 60.4 cm³/mol. The largest absolute Gasteiger partial charge is 0.384 e. The Labute approximate surface area is 88.6 Å². The maximum absolute atomic E-state index is 8.58. The monoisotopic (exact) mass is 197 g/mol. The molecule has 0 radical (unpaired) electrons. The average Bonchev–Trinajstić information content (AvgIpc) is 2.26. The molecule has 1 aromatic carbocycles. The smallest absolute Gasteiger partial charge is 0.113 e. The Morgan fingerprint density at radius 2 is 2.13 bits per heavy atom. The fourth-order valence-electron chi connectivity index (χ4n) is 1.44. The molecule has 0 aliphatic carbocycles. The van der Waals surface area contributed by atoms with Crippen molar-refractivity contribution >= 4 is 10.9 Å². The van der Waals surface area contributed by atoms with Gasteiger partial charge in [0.15, 0.2) is 0 Å². The highest BCUT2D eigenvalue weighted by Gasteiger charge is 1.95. The summed E-state index contributed by atoms with van der Waals surface area (Å²) in [6, 6.07) is 9.96. The van der Waals surface area contributed by atoms with Gasteiger partial charge in [-0.1, -0.05) is 17.6 Å². The fourth-order valence-corrected chi connectivity index (χ4v) is 1.44. The maximum atomic E-state index is 8.58. The Hall–Kier alpha value is -1.85. The number of nitrogens with zero attached hydrogens (tertiary/aromatic N) is 1. The number of rotatable bonds is 0. The summed E-state index contributed by atoms with van der Waals surface area (Å²) in [5, 5.41) is 9.69. The van der Waals surface area contributed by atoms with Crippen LogP contribution in [0.25, 0.3) is 10.9 Å². The molecule has 2 aromatic rings. The molecule has 0 unspecified atom stereocenters.